The number of rotatable bonds is 3. The van der Waals surface area contributed by atoms with Gasteiger partial charge in [-0.05, 0) is 38.3 Å². The maximum atomic E-state index is 6.25. The number of nitrogens with two attached hydrogens (primary N) is 1. The van der Waals surface area contributed by atoms with Crippen LogP contribution in [0.5, 0.6) is 0 Å². The van der Waals surface area contributed by atoms with Gasteiger partial charge in [0.15, 0.2) is 0 Å². The Balaban J connectivity index is 1.94. The summed E-state index contributed by atoms with van der Waals surface area (Å²) in [5, 5.41) is 3.55. The SMILES string of the molecule is Cc1cccc(C(N)CC2CCCCN2)c1. The van der Waals surface area contributed by atoms with Crippen molar-refractivity contribution in [2.75, 3.05) is 6.54 Å². The summed E-state index contributed by atoms with van der Waals surface area (Å²) in [4.78, 5) is 0. The first kappa shape index (κ1) is 11.6. The van der Waals surface area contributed by atoms with Crippen molar-refractivity contribution in [3.63, 3.8) is 0 Å². The number of benzene rings is 1. The Morgan fingerprint density at radius 1 is 1.44 bits per heavy atom. The molecule has 88 valence electrons. The Hall–Kier alpha value is -0.860. The highest BCUT2D eigenvalue weighted by Gasteiger charge is 2.16. The van der Waals surface area contributed by atoms with E-state index in [9.17, 15) is 0 Å². The second-order valence-electron chi connectivity index (χ2n) is 4.90. The molecular formula is C14H22N2. The number of hydrogen-bond acceptors (Lipinski definition) is 2. The molecule has 0 amide bonds. The highest BCUT2D eigenvalue weighted by molar-refractivity contribution is 5.24. The number of aryl methyl sites for hydroxylation is 1. The monoisotopic (exact) mass is 218 g/mol. The van der Waals surface area contributed by atoms with Crippen molar-refractivity contribution >= 4 is 0 Å². The normalized spacial score (nSPS) is 23.0. The van der Waals surface area contributed by atoms with Crippen LogP contribution < -0.4 is 11.1 Å². The molecule has 16 heavy (non-hydrogen) atoms. The molecule has 3 N–H and O–H groups in total. The lowest BCUT2D eigenvalue weighted by Gasteiger charge is -2.26. The van der Waals surface area contributed by atoms with E-state index in [-0.39, 0.29) is 6.04 Å². The first-order valence-corrected chi connectivity index (χ1v) is 6.31. The van der Waals surface area contributed by atoms with E-state index in [0.29, 0.717) is 6.04 Å². The topological polar surface area (TPSA) is 38.0 Å². The first-order valence-electron chi connectivity index (χ1n) is 6.31. The second kappa shape index (κ2) is 5.46. The van der Waals surface area contributed by atoms with E-state index in [0.717, 1.165) is 13.0 Å². The Labute approximate surface area is 98.2 Å². The molecule has 0 radical (unpaired) electrons. The van der Waals surface area contributed by atoms with E-state index in [1.54, 1.807) is 0 Å². The summed E-state index contributed by atoms with van der Waals surface area (Å²) in [6, 6.07) is 9.35. The fraction of sp³-hybridized carbons (Fsp3) is 0.571. The standard InChI is InChI=1S/C14H22N2/c1-11-5-4-6-12(9-11)14(15)10-13-7-2-3-8-16-13/h4-6,9,13-14,16H,2-3,7-8,10,15H2,1H3. The van der Waals surface area contributed by atoms with Crippen molar-refractivity contribution < 1.29 is 0 Å². The molecule has 0 aliphatic carbocycles. The van der Waals surface area contributed by atoms with Gasteiger partial charge < -0.3 is 11.1 Å². The fourth-order valence-corrected chi connectivity index (χ4v) is 2.47. The lowest BCUT2D eigenvalue weighted by molar-refractivity contribution is 0.362. The largest absolute Gasteiger partial charge is 0.324 e. The maximum Gasteiger partial charge on any atom is 0.0309 e. The minimum Gasteiger partial charge on any atom is -0.324 e. The van der Waals surface area contributed by atoms with Gasteiger partial charge in [-0.2, -0.15) is 0 Å². The van der Waals surface area contributed by atoms with Gasteiger partial charge in [0.25, 0.3) is 0 Å². The lowest BCUT2D eigenvalue weighted by Crippen LogP contribution is -2.36. The fourth-order valence-electron chi connectivity index (χ4n) is 2.47. The van der Waals surface area contributed by atoms with Gasteiger partial charge in [-0.25, -0.2) is 0 Å². The van der Waals surface area contributed by atoms with E-state index < -0.39 is 0 Å². The van der Waals surface area contributed by atoms with Crippen LogP contribution >= 0.6 is 0 Å². The van der Waals surface area contributed by atoms with Gasteiger partial charge in [-0.3, -0.25) is 0 Å². The highest BCUT2D eigenvalue weighted by Crippen LogP contribution is 2.20. The van der Waals surface area contributed by atoms with Gasteiger partial charge in [-0.15, -0.1) is 0 Å². The molecule has 2 nitrogen and oxygen atoms in total. The third-order valence-corrected chi connectivity index (χ3v) is 3.42. The summed E-state index contributed by atoms with van der Waals surface area (Å²) in [7, 11) is 0. The molecule has 2 heteroatoms. The molecule has 1 heterocycles. The van der Waals surface area contributed by atoms with Crippen molar-refractivity contribution in [1.82, 2.24) is 5.32 Å². The van der Waals surface area contributed by atoms with Crippen molar-refractivity contribution in [3.05, 3.63) is 35.4 Å². The summed E-state index contributed by atoms with van der Waals surface area (Å²) in [6.07, 6.45) is 5.00. The van der Waals surface area contributed by atoms with Crippen LogP contribution in [0.2, 0.25) is 0 Å². The highest BCUT2D eigenvalue weighted by atomic mass is 14.9. The minimum atomic E-state index is 0.176. The molecule has 0 saturated carbocycles. The summed E-state index contributed by atoms with van der Waals surface area (Å²) in [6.45, 7) is 3.28. The quantitative estimate of drug-likeness (QED) is 0.818. The van der Waals surface area contributed by atoms with E-state index in [1.165, 1.54) is 30.4 Å². The molecular weight excluding hydrogens is 196 g/mol. The number of hydrogen-bond donors (Lipinski definition) is 2. The molecule has 0 bridgehead atoms. The molecule has 1 aliphatic rings. The Kier molecular flexibility index (Phi) is 3.97. The van der Waals surface area contributed by atoms with Crippen molar-refractivity contribution in [2.24, 2.45) is 5.73 Å². The van der Waals surface area contributed by atoms with Gasteiger partial charge in [0.1, 0.15) is 0 Å². The molecule has 1 aromatic carbocycles. The summed E-state index contributed by atoms with van der Waals surface area (Å²) in [5.74, 6) is 0. The minimum absolute atomic E-state index is 0.176. The van der Waals surface area contributed by atoms with Crippen molar-refractivity contribution in [3.8, 4) is 0 Å². The summed E-state index contributed by atoms with van der Waals surface area (Å²) in [5.41, 5.74) is 8.82. The molecule has 1 saturated heterocycles. The van der Waals surface area contributed by atoms with Gasteiger partial charge in [0.05, 0.1) is 0 Å². The molecule has 2 unspecified atom stereocenters. The number of piperidine rings is 1. The Bertz CT molecular complexity index is 329. The maximum absolute atomic E-state index is 6.25. The molecule has 1 aromatic rings. The van der Waals surface area contributed by atoms with Crippen LogP contribution in [0.15, 0.2) is 24.3 Å². The van der Waals surface area contributed by atoms with Crippen LogP contribution in [0.1, 0.15) is 42.9 Å². The van der Waals surface area contributed by atoms with E-state index in [1.807, 2.05) is 0 Å². The second-order valence-corrected chi connectivity index (χ2v) is 4.90. The van der Waals surface area contributed by atoms with Crippen LogP contribution in [0.4, 0.5) is 0 Å². The van der Waals surface area contributed by atoms with E-state index >= 15 is 0 Å². The zero-order valence-electron chi connectivity index (χ0n) is 10.1. The van der Waals surface area contributed by atoms with E-state index in [2.05, 4.69) is 36.5 Å². The summed E-state index contributed by atoms with van der Waals surface area (Å²) >= 11 is 0. The predicted molar refractivity (Wildman–Crippen MR) is 68.4 cm³/mol. The molecule has 0 spiro atoms. The molecule has 2 rings (SSSR count). The molecule has 2 atom stereocenters. The summed E-state index contributed by atoms with van der Waals surface area (Å²) < 4.78 is 0. The molecule has 1 fully saturated rings. The van der Waals surface area contributed by atoms with Gasteiger partial charge >= 0.3 is 0 Å². The molecule has 0 aromatic heterocycles. The van der Waals surface area contributed by atoms with Crippen LogP contribution in [0, 0.1) is 6.92 Å². The van der Waals surface area contributed by atoms with Crippen LogP contribution in [-0.4, -0.2) is 12.6 Å². The lowest BCUT2D eigenvalue weighted by atomic mass is 9.94. The predicted octanol–water partition coefficient (Wildman–Crippen LogP) is 2.53. The first-order chi connectivity index (χ1) is 7.75. The van der Waals surface area contributed by atoms with Crippen LogP contribution in [0.25, 0.3) is 0 Å². The zero-order chi connectivity index (χ0) is 11.4. The Morgan fingerprint density at radius 2 is 2.31 bits per heavy atom. The Morgan fingerprint density at radius 3 is 3.00 bits per heavy atom. The smallest absolute Gasteiger partial charge is 0.0309 e. The average molecular weight is 218 g/mol. The number of nitrogens with one attached hydrogen (secondary N) is 1. The van der Waals surface area contributed by atoms with Crippen LogP contribution in [0.3, 0.4) is 0 Å². The van der Waals surface area contributed by atoms with Gasteiger partial charge in [0, 0.05) is 12.1 Å². The van der Waals surface area contributed by atoms with Crippen molar-refractivity contribution in [1.29, 1.82) is 0 Å². The zero-order valence-corrected chi connectivity index (χ0v) is 10.1. The third-order valence-electron chi connectivity index (χ3n) is 3.42. The van der Waals surface area contributed by atoms with Crippen LogP contribution in [-0.2, 0) is 0 Å². The molecule has 1 aliphatic heterocycles. The van der Waals surface area contributed by atoms with E-state index in [4.69, 9.17) is 5.73 Å². The van der Waals surface area contributed by atoms with Gasteiger partial charge in [-0.1, -0.05) is 36.2 Å². The van der Waals surface area contributed by atoms with Crippen molar-refractivity contribution in [2.45, 2.75) is 44.7 Å². The average Bonchev–Trinajstić information content (AvgIpc) is 2.30. The third kappa shape index (κ3) is 3.06. The van der Waals surface area contributed by atoms with Gasteiger partial charge in [0.2, 0.25) is 0 Å².